The Kier molecular flexibility index (Phi) is 5.55. The number of halogens is 4. The average molecular weight is 484 g/mol. The molecule has 1 aromatic carbocycles. The molecule has 4 aromatic heterocycles. The second-order valence-electron chi connectivity index (χ2n) is 7.53. The smallest absolute Gasteiger partial charge is 0.383 e. The van der Waals surface area contributed by atoms with Gasteiger partial charge in [0.2, 0.25) is 5.82 Å². The molecule has 2 N–H and O–H groups in total. The first kappa shape index (κ1) is 22.3. The average Bonchev–Trinajstić information content (AvgIpc) is 3.45. The molecule has 0 aliphatic heterocycles. The molecule has 0 radical (unpaired) electrons. The van der Waals surface area contributed by atoms with E-state index in [1.54, 1.807) is 29.1 Å². The van der Waals surface area contributed by atoms with Crippen molar-refractivity contribution in [3.63, 3.8) is 0 Å². The lowest BCUT2D eigenvalue weighted by molar-refractivity contribution is -0.144. The van der Waals surface area contributed by atoms with E-state index in [-0.39, 0.29) is 17.1 Å². The van der Waals surface area contributed by atoms with E-state index in [1.165, 1.54) is 17.1 Å². The summed E-state index contributed by atoms with van der Waals surface area (Å²) in [6, 6.07) is 6.23. The van der Waals surface area contributed by atoms with Gasteiger partial charge in [0.05, 0.1) is 17.3 Å². The van der Waals surface area contributed by atoms with Crippen LogP contribution in [0.3, 0.4) is 0 Å². The topological polar surface area (TPSA) is 126 Å². The minimum atomic E-state index is -4.66. The predicted molar refractivity (Wildman–Crippen MR) is 115 cm³/mol. The van der Waals surface area contributed by atoms with Crippen LogP contribution in [0.25, 0.3) is 28.0 Å². The number of aromatic nitrogens is 9. The van der Waals surface area contributed by atoms with E-state index in [2.05, 4.69) is 35.3 Å². The first-order valence-corrected chi connectivity index (χ1v) is 10.3. The number of nitrogen functional groups attached to an aromatic ring is 1. The molecule has 5 aromatic rings. The monoisotopic (exact) mass is 484 g/mol. The van der Waals surface area contributed by atoms with Crippen LogP contribution in [-0.4, -0.2) is 44.7 Å². The van der Waals surface area contributed by atoms with Crippen LogP contribution in [0.1, 0.15) is 17.9 Å². The summed E-state index contributed by atoms with van der Waals surface area (Å²) in [7, 11) is 0. The fourth-order valence-electron chi connectivity index (χ4n) is 3.56. The van der Waals surface area contributed by atoms with E-state index in [1.807, 2.05) is 0 Å². The summed E-state index contributed by atoms with van der Waals surface area (Å²) >= 11 is 0. The molecule has 4 heterocycles. The number of rotatable bonds is 6. The first-order valence-electron chi connectivity index (χ1n) is 10.3. The van der Waals surface area contributed by atoms with E-state index < -0.39 is 17.8 Å². The highest BCUT2D eigenvalue weighted by molar-refractivity contribution is 5.97. The van der Waals surface area contributed by atoms with Crippen LogP contribution >= 0.6 is 0 Å². The maximum atomic E-state index is 14.0. The molecule has 14 heteroatoms. The normalized spacial score (nSPS) is 11.9. The summed E-state index contributed by atoms with van der Waals surface area (Å²) in [5, 5.41) is 12.9. The van der Waals surface area contributed by atoms with Crippen molar-refractivity contribution >= 4 is 16.9 Å². The van der Waals surface area contributed by atoms with Crippen molar-refractivity contribution in [2.75, 3.05) is 5.73 Å². The van der Waals surface area contributed by atoms with Gasteiger partial charge in [0.15, 0.2) is 5.65 Å². The third-order valence-electron chi connectivity index (χ3n) is 5.18. The molecule has 0 bridgehead atoms. The van der Waals surface area contributed by atoms with Crippen LogP contribution in [0.15, 0.2) is 49.2 Å². The van der Waals surface area contributed by atoms with Gasteiger partial charge in [0, 0.05) is 24.5 Å². The summed E-state index contributed by atoms with van der Waals surface area (Å²) in [6.45, 7) is 0.390. The predicted octanol–water partition coefficient (Wildman–Crippen LogP) is 3.24. The fraction of sp³-hybridized carbons (Fsp3) is 0.190. The number of anilines is 1. The standard InChI is InChI=1S/C21H16F4N10/c22-14-5-1-2-6-15(14)35-10-13(31-33-35)4-3-7-34-19-16(18(26)29-11-30-19)17(32-34)12-8-27-20(28-9-12)21(23,24)25/h1-2,5-6,8-11H,3-4,7H2,(H2,26,29,30). The van der Waals surface area contributed by atoms with E-state index in [0.717, 1.165) is 12.4 Å². The molecule has 0 saturated heterocycles. The molecule has 0 amide bonds. The van der Waals surface area contributed by atoms with Crippen molar-refractivity contribution in [3.8, 4) is 16.9 Å². The van der Waals surface area contributed by atoms with Crippen molar-refractivity contribution in [2.24, 2.45) is 0 Å². The van der Waals surface area contributed by atoms with E-state index in [0.29, 0.717) is 41.8 Å². The molecule has 0 fully saturated rings. The maximum absolute atomic E-state index is 14.0. The van der Waals surface area contributed by atoms with Gasteiger partial charge in [-0.15, -0.1) is 5.10 Å². The number of alkyl halides is 3. The van der Waals surface area contributed by atoms with Crippen molar-refractivity contribution in [1.82, 2.24) is 44.7 Å². The molecule has 0 spiro atoms. The number of nitrogens with zero attached hydrogens (tertiary/aromatic N) is 9. The number of hydrogen-bond acceptors (Lipinski definition) is 8. The number of nitrogens with two attached hydrogens (primary N) is 1. The number of aryl methyl sites for hydroxylation is 2. The van der Waals surface area contributed by atoms with Gasteiger partial charge in [0.1, 0.15) is 29.3 Å². The quantitative estimate of drug-likeness (QED) is 0.364. The third kappa shape index (κ3) is 4.37. The molecule has 178 valence electrons. The first-order chi connectivity index (χ1) is 16.8. The zero-order valence-electron chi connectivity index (χ0n) is 17.9. The third-order valence-corrected chi connectivity index (χ3v) is 5.18. The lowest BCUT2D eigenvalue weighted by Gasteiger charge is -2.04. The van der Waals surface area contributed by atoms with Crippen LogP contribution in [0.4, 0.5) is 23.4 Å². The summed E-state index contributed by atoms with van der Waals surface area (Å²) in [5.41, 5.74) is 7.90. The van der Waals surface area contributed by atoms with E-state index in [9.17, 15) is 17.6 Å². The Hall–Kier alpha value is -4.49. The van der Waals surface area contributed by atoms with Gasteiger partial charge in [-0.1, -0.05) is 17.3 Å². The van der Waals surface area contributed by atoms with Crippen molar-refractivity contribution in [3.05, 3.63) is 66.5 Å². The molecule has 5 rings (SSSR count). The van der Waals surface area contributed by atoms with Gasteiger partial charge >= 0.3 is 6.18 Å². The minimum absolute atomic E-state index is 0.129. The summed E-state index contributed by atoms with van der Waals surface area (Å²) in [4.78, 5) is 15.0. The number of benzene rings is 1. The highest BCUT2D eigenvalue weighted by atomic mass is 19.4. The van der Waals surface area contributed by atoms with Crippen molar-refractivity contribution < 1.29 is 17.6 Å². The minimum Gasteiger partial charge on any atom is -0.383 e. The van der Waals surface area contributed by atoms with Crippen molar-refractivity contribution in [2.45, 2.75) is 25.6 Å². The van der Waals surface area contributed by atoms with E-state index >= 15 is 0 Å². The number of hydrogen-bond donors (Lipinski definition) is 1. The van der Waals surface area contributed by atoms with Gasteiger partial charge in [-0.2, -0.15) is 18.3 Å². The Morgan fingerprint density at radius 1 is 1.00 bits per heavy atom. The summed E-state index contributed by atoms with van der Waals surface area (Å²) in [5.74, 6) is -1.54. The van der Waals surface area contributed by atoms with Crippen LogP contribution in [-0.2, 0) is 19.1 Å². The van der Waals surface area contributed by atoms with Gasteiger partial charge in [-0.25, -0.2) is 33.7 Å². The van der Waals surface area contributed by atoms with Gasteiger partial charge in [-0.3, -0.25) is 0 Å². The highest BCUT2D eigenvalue weighted by Gasteiger charge is 2.34. The molecule has 35 heavy (non-hydrogen) atoms. The zero-order chi connectivity index (χ0) is 24.6. The van der Waals surface area contributed by atoms with Crippen molar-refractivity contribution in [1.29, 1.82) is 0 Å². The van der Waals surface area contributed by atoms with Gasteiger partial charge < -0.3 is 5.73 Å². The Balaban J connectivity index is 1.37. The molecular formula is C21H16F4N10. The maximum Gasteiger partial charge on any atom is 0.451 e. The second kappa shape index (κ2) is 8.70. The SMILES string of the molecule is Nc1ncnc2c1c(-c1cnc(C(F)(F)F)nc1)nn2CCCc1cn(-c2ccccc2F)nn1. The highest BCUT2D eigenvalue weighted by Crippen LogP contribution is 2.31. The Morgan fingerprint density at radius 2 is 1.77 bits per heavy atom. The Labute approximate surface area is 194 Å². The molecule has 10 nitrogen and oxygen atoms in total. The fourth-order valence-corrected chi connectivity index (χ4v) is 3.56. The molecule has 0 aliphatic rings. The number of fused-ring (bicyclic) bond motifs is 1. The van der Waals surface area contributed by atoms with Crippen LogP contribution in [0.2, 0.25) is 0 Å². The summed E-state index contributed by atoms with van der Waals surface area (Å²) < 4.78 is 55.4. The van der Waals surface area contributed by atoms with Gasteiger partial charge in [0.25, 0.3) is 0 Å². The van der Waals surface area contributed by atoms with Crippen LogP contribution in [0.5, 0.6) is 0 Å². The molecule has 0 atom stereocenters. The lowest BCUT2D eigenvalue weighted by atomic mass is 10.2. The van der Waals surface area contributed by atoms with Gasteiger partial charge in [-0.05, 0) is 25.0 Å². The van der Waals surface area contributed by atoms with E-state index in [4.69, 9.17) is 5.73 Å². The lowest BCUT2D eigenvalue weighted by Crippen LogP contribution is -2.10. The molecule has 0 aliphatic carbocycles. The molecule has 0 saturated carbocycles. The zero-order valence-corrected chi connectivity index (χ0v) is 17.9. The summed E-state index contributed by atoms with van der Waals surface area (Å²) in [6.07, 6.45) is 1.42. The van der Waals surface area contributed by atoms with Crippen LogP contribution in [0, 0.1) is 5.82 Å². The second-order valence-corrected chi connectivity index (χ2v) is 7.53. The van der Waals surface area contributed by atoms with Crippen LogP contribution < -0.4 is 5.73 Å². The molecular weight excluding hydrogens is 468 g/mol. The Morgan fingerprint density at radius 3 is 2.51 bits per heavy atom. The Bertz CT molecular complexity index is 1490. The largest absolute Gasteiger partial charge is 0.451 e. The number of para-hydroxylation sites is 1. The molecule has 0 unspecified atom stereocenters.